The number of benzene rings is 1. The van der Waals surface area contributed by atoms with Gasteiger partial charge in [-0.3, -0.25) is 4.90 Å². The van der Waals surface area contributed by atoms with Crippen molar-refractivity contribution in [3.8, 4) is 0 Å². The number of allylic oxidation sites excluding steroid dienone is 1. The highest BCUT2D eigenvalue weighted by Gasteiger charge is 2.51. The summed E-state index contributed by atoms with van der Waals surface area (Å²) in [6, 6.07) is 9.61. The number of amides is 3. The quantitative estimate of drug-likeness (QED) is 0.575. The number of rotatable bonds is 6. The standard InChI is InChI=1S/C28H42N4O3/c1-27(2,3)35-26(34)31-16-13-30(14-17-31)15-18-32(25(33)29-23-9-7-6-8-10-23)20-21-11-12-22-19-24(21)28(22,4)5/h6-11,22,24H,12-20H2,1-5H3,(H,29,33). The lowest BCUT2D eigenvalue weighted by Gasteiger charge is -2.57. The van der Waals surface area contributed by atoms with Gasteiger partial charge in [0.2, 0.25) is 0 Å². The Morgan fingerprint density at radius 1 is 1.11 bits per heavy atom. The second-order valence-corrected chi connectivity index (χ2v) is 11.8. The predicted octanol–water partition coefficient (Wildman–Crippen LogP) is 5.07. The summed E-state index contributed by atoms with van der Waals surface area (Å²) in [6.07, 6.45) is 4.51. The van der Waals surface area contributed by atoms with Crippen molar-refractivity contribution in [3.63, 3.8) is 0 Å². The van der Waals surface area contributed by atoms with Crippen molar-refractivity contribution in [3.05, 3.63) is 42.0 Å². The summed E-state index contributed by atoms with van der Waals surface area (Å²) in [5.41, 5.74) is 2.08. The minimum Gasteiger partial charge on any atom is -0.444 e. The van der Waals surface area contributed by atoms with E-state index in [-0.39, 0.29) is 12.1 Å². The maximum atomic E-state index is 13.3. The molecule has 1 aromatic carbocycles. The molecule has 4 aliphatic rings. The van der Waals surface area contributed by atoms with E-state index in [9.17, 15) is 9.59 Å². The van der Waals surface area contributed by atoms with Gasteiger partial charge >= 0.3 is 12.1 Å². The number of nitrogens with one attached hydrogen (secondary N) is 1. The molecule has 2 bridgehead atoms. The summed E-state index contributed by atoms with van der Waals surface area (Å²) in [7, 11) is 0. The van der Waals surface area contributed by atoms with E-state index in [1.165, 1.54) is 12.0 Å². The molecule has 5 rings (SSSR count). The van der Waals surface area contributed by atoms with Crippen molar-refractivity contribution in [2.75, 3.05) is 51.1 Å². The first-order valence-corrected chi connectivity index (χ1v) is 13.0. The van der Waals surface area contributed by atoms with Crippen LogP contribution in [0.15, 0.2) is 42.0 Å². The molecule has 0 radical (unpaired) electrons. The fraction of sp³-hybridized carbons (Fsp3) is 0.643. The van der Waals surface area contributed by atoms with E-state index in [4.69, 9.17) is 4.74 Å². The van der Waals surface area contributed by atoms with Crippen LogP contribution in [-0.2, 0) is 4.74 Å². The third-order valence-electron chi connectivity index (χ3n) is 7.98. The van der Waals surface area contributed by atoms with Gasteiger partial charge in [0.1, 0.15) is 5.60 Å². The molecule has 2 fully saturated rings. The number of hydrogen-bond acceptors (Lipinski definition) is 4. The van der Waals surface area contributed by atoms with E-state index < -0.39 is 5.60 Å². The van der Waals surface area contributed by atoms with Crippen molar-refractivity contribution in [1.29, 1.82) is 0 Å². The highest BCUT2D eigenvalue weighted by atomic mass is 16.6. The molecule has 1 aliphatic heterocycles. The van der Waals surface area contributed by atoms with Crippen molar-refractivity contribution < 1.29 is 14.3 Å². The van der Waals surface area contributed by atoms with Crippen LogP contribution in [0.5, 0.6) is 0 Å². The van der Waals surface area contributed by atoms with Crippen molar-refractivity contribution in [2.45, 2.75) is 53.1 Å². The molecule has 7 heteroatoms. The smallest absolute Gasteiger partial charge is 0.410 e. The SMILES string of the molecule is CC(C)(C)OC(=O)N1CCN(CCN(CC2=CCC3CC2C3(C)C)C(=O)Nc2ccccc2)CC1. The zero-order valence-corrected chi connectivity index (χ0v) is 22.0. The predicted molar refractivity (Wildman–Crippen MR) is 139 cm³/mol. The van der Waals surface area contributed by atoms with Crippen molar-refractivity contribution in [1.82, 2.24) is 14.7 Å². The average molecular weight is 483 g/mol. The Morgan fingerprint density at radius 3 is 2.40 bits per heavy atom. The number of urea groups is 1. The zero-order chi connectivity index (χ0) is 25.2. The summed E-state index contributed by atoms with van der Waals surface area (Å²) < 4.78 is 5.51. The second-order valence-electron chi connectivity index (χ2n) is 11.8. The lowest BCUT2D eigenvalue weighted by atomic mass is 9.49. The molecule has 1 saturated carbocycles. The summed E-state index contributed by atoms with van der Waals surface area (Å²) in [5, 5.41) is 3.08. The Kier molecular flexibility index (Phi) is 7.46. The van der Waals surface area contributed by atoms with E-state index in [0.29, 0.717) is 37.5 Å². The van der Waals surface area contributed by atoms with Gasteiger partial charge in [0, 0.05) is 51.5 Å². The van der Waals surface area contributed by atoms with Crippen LogP contribution in [0.2, 0.25) is 0 Å². The van der Waals surface area contributed by atoms with E-state index in [1.807, 2.05) is 56.0 Å². The van der Waals surface area contributed by atoms with Crippen LogP contribution < -0.4 is 5.32 Å². The van der Waals surface area contributed by atoms with Crippen LogP contribution in [0.1, 0.15) is 47.5 Å². The number of piperazine rings is 1. The molecule has 0 aromatic heterocycles. The first-order valence-electron chi connectivity index (χ1n) is 13.0. The van der Waals surface area contributed by atoms with Gasteiger partial charge in [0.25, 0.3) is 0 Å². The third-order valence-corrected chi connectivity index (χ3v) is 7.98. The average Bonchev–Trinajstić information content (AvgIpc) is 2.81. The van der Waals surface area contributed by atoms with E-state index >= 15 is 0 Å². The fourth-order valence-corrected chi connectivity index (χ4v) is 5.60. The molecule has 3 aliphatic carbocycles. The monoisotopic (exact) mass is 482 g/mol. The number of para-hydroxylation sites is 1. The van der Waals surface area contributed by atoms with E-state index in [2.05, 4.69) is 30.1 Å². The Balaban J connectivity index is 1.35. The zero-order valence-electron chi connectivity index (χ0n) is 22.0. The van der Waals surface area contributed by atoms with Gasteiger partial charge in [0.05, 0.1) is 0 Å². The molecule has 192 valence electrons. The van der Waals surface area contributed by atoms with Crippen LogP contribution in [0.4, 0.5) is 15.3 Å². The van der Waals surface area contributed by atoms with Gasteiger partial charge in [-0.1, -0.05) is 43.7 Å². The fourth-order valence-electron chi connectivity index (χ4n) is 5.60. The van der Waals surface area contributed by atoms with Crippen LogP contribution in [0.3, 0.4) is 0 Å². The summed E-state index contributed by atoms with van der Waals surface area (Å²) in [5.74, 6) is 1.36. The summed E-state index contributed by atoms with van der Waals surface area (Å²) >= 11 is 0. The van der Waals surface area contributed by atoms with E-state index in [0.717, 1.165) is 37.7 Å². The minimum absolute atomic E-state index is 0.0521. The molecule has 1 saturated heterocycles. The number of carbonyl (C=O) groups is 2. The second kappa shape index (κ2) is 10.2. The number of ether oxygens (including phenoxy) is 1. The number of carbonyl (C=O) groups excluding carboxylic acids is 2. The van der Waals surface area contributed by atoms with Gasteiger partial charge in [-0.05, 0) is 63.0 Å². The largest absolute Gasteiger partial charge is 0.444 e. The third kappa shape index (κ3) is 6.18. The normalized spacial score (nSPS) is 23.7. The maximum absolute atomic E-state index is 13.3. The number of fused-ring (bicyclic) bond motifs is 1. The molecule has 2 atom stereocenters. The Bertz CT molecular complexity index is 929. The lowest BCUT2D eigenvalue weighted by Crippen LogP contribution is -2.53. The molecule has 1 aromatic rings. The van der Waals surface area contributed by atoms with Gasteiger partial charge in [-0.25, -0.2) is 9.59 Å². The molecule has 1 N–H and O–H groups in total. The van der Waals surface area contributed by atoms with E-state index in [1.54, 1.807) is 4.90 Å². The first-order chi connectivity index (χ1) is 16.5. The summed E-state index contributed by atoms with van der Waals surface area (Å²) in [4.78, 5) is 31.8. The van der Waals surface area contributed by atoms with Gasteiger partial charge < -0.3 is 19.9 Å². The topological polar surface area (TPSA) is 65.1 Å². The molecule has 0 spiro atoms. The molecular weight excluding hydrogens is 440 g/mol. The van der Waals surface area contributed by atoms with Gasteiger partial charge in [-0.15, -0.1) is 0 Å². The van der Waals surface area contributed by atoms with Gasteiger partial charge in [0.15, 0.2) is 0 Å². The molecule has 7 nitrogen and oxygen atoms in total. The summed E-state index contributed by atoms with van der Waals surface area (Å²) in [6.45, 7) is 15.4. The highest BCUT2D eigenvalue weighted by Crippen LogP contribution is 2.59. The van der Waals surface area contributed by atoms with Crippen LogP contribution in [-0.4, -0.2) is 78.2 Å². The highest BCUT2D eigenvalue weighted by molar-refractivity contribution is 5.89. The Morgan fingerprint density at radius 2 is 1.80 bits per heavy atom. The lowest BCUT2D eigenvalue weighted by molar-refractivity contribution is -0.00981. The van der Waals surface area contributed by atoms with Crippen molar-refractivity contribution in [2.24, 2.45) is 17.3 Å². The number of anilines is 1. The maximum Gasteiger partial charge on any atom is 0.410 e. The van der Waals surface area contributed by atoms with Crippen LogP contribution in [0.25, 0.3) is 0 Å². The minimum atomic E-state index is -0.482. The number of hydrogen-bond donors (Lipinski definition) is 1. The number of nitrogens with zero attached hydrogens (tertiary/aromatic N) is 3. The molecular formula is C28H42N4O3. The van der Waals surface area contributed by atoms with Gasteiger partial charge in [-0.2, -0.15) is 0 Å². The first kappa shape index (κ1) is 25.5. The van der Waals surface area contributed by atoms with Crippen LogP contribution in [0, 0.1) is 17.3 Å². The molecule has 35 heavy (non-hydrogen) atoms. The van der Waals surface area contributed by atoms with Crippen LogP contribution >= 0.6 is 0 Å². The molecule has 2 unspecified atom stereocenters. The van der Waals surface area contributed by atoms with Crippen molar-refractivity contribution >= 4 is 17.8 Å². The molecule has 3 amide bonds. The molecule has 1 heterocycles. The Labute approximate surface area is 210 Å². The Hall–Kier alpha value is -2.54.